The first kappa shape index (κ1) is 18.5. The number of aromatic hydroxyl groups is 2. The van der Waals surface area contributed by atoms with Crippen LogP contribution >= 0.6 is 0 Å². The van der Waals surface area contributed by atoms with Crippen molar-refractivity contribution in [2.24, 2.45) is 5.73 Å². The predicted molar refractivity (Wildman–Crippen MR) is 106 cm³/mol. The second-order valence-corrected chi connectivity index (χ2v) is 7.11. The number of likely N-dealkylation sites (tertiary alicyclic amines) is 1. The third kappa shape index (κ3) is 4.45. The fourth-order valence-corrected chi connectivity index (χ4v) is 3.63. The molecule has 1 heterocycles. The van der Waals surface area contributed by atoms with Crippen LogP contribution in [0.2, 0.25) is 0 Å². The third-order valence-corrected chi connectivity index (χ3v) is 5.33. The molecule has 26 heavy (non-hydrogen) atoms. The normalized spacial score (nSPS) is 17.6. The Hall–Kier alpha value is -2.30. The zero-order chi connectivity index (χ0) is 18.5. The van der Waals surface area contributed by atoms with Gasteiger partial charge in [-0.1, -0.05) is 42.5 Å². The van der Waals surface area contributed by atoms with Crippen molar-refractivity contribution in [3.05, 3.63) is 65.2 Å². The highest BCUT2D eigenvalue weighted by Gasteiger charge is 2.22. The van der Waals surface area contributed by atoms with Gasteiger partial charge < -0.3 is 15.9 Å². The van der Waals surface area contributed by atoms with Crippen LogP contribution in [-0.2, 0) is 6.54 Å². The van der Waals surface area contributed by atoms with Crippen molar-refractivity contribution in [3.63, 3.8) is 0 Å². The third-order valence-electron chi connectivity index (χ3n) is 5.33. The maximum atomic E-state index is 9.59. The van der Waals surface area contributed by atoms with Crippen LogP contribution in [0.3, 0.4) is 0 Å². The number of hydrogen-bond acceptors (Lipinski definition) is 4. The van der Waals surface area contributed by atoms with Gasteiger partial charge in [-0.05, 0) is 67.6 Å². The van der Waals surface area contributed by atoms with E-state index in [1.165, 1.54) is 17.2 Å². The van der Waals surface area contributed by atoms with Gasteiger partial charge in [0.15, 0.2) is 11.5 Å². The van der Waals surface area contributed by atoms with E-state index in [1.54, 1.807) is 12.1 Å². The zero-order valence-electron chi connectivity index (χ0n) is 15.3. The molecule has 2 aromatic carbocycles. The second-order valence-electron chi connectivity index (χ2n) is 7.11. The second kappa shape index (κ2) is 8.39. The minimum absolute atomic E-state index is 0.0830. The van der Waals surface area contributed by atoms with Crippen LogP contribution in [0.25, 0.3) is 6.08 Å². The first-order valence-corrected chi connectivity index (χ1v) is 9.30. The summed E-state index contributed by atoms with van der Waals surface area (Å²) in [5, 5.41) is 19.0. The summed E-state index contributed by atoms with van der Waals surface area (Å²) in [6.07, 6.45) is 6.47. The Kier molecular flexibility index (Phi) is 5.96. The van der Waals surface area contributed by atoms with Crippen LogP contribution in [0.1, 0.15) is 42.4 Å². The number of nitrogens with zero attached hydrogens (tertiary/aromatic N) is 1. The highest BCUT2D eigenvalue weighted by Crippen LogP contribution is 2.30. The average Bonchev–Trinajstić information content (AvgIpc) is 2.69. The Labute approximate surface area is 155 Å². The van der Waals surface area contributed by atoms with Gasteiger partial charge in [-0.2, -0.15) is 0 Å². The summed E-state index contributed by atoms with van der Waals surface area (Å²) in [6, 6.07) is 13.9. The molecule has 0 aromatic heterocycles. The molecule has 1 fully saturated rings. The van der Waals surface area contributed by atoms with Gasteiger partial charge in [0.1, 0.15) is 0 Å². The SMILES string of the molecule is CC(/C=C/c1ccc(O)c(O)c1)N1CCC(c2cccc(CN)c2)CC1. The van der Waals surface area contributed by atoms with Gasteiger partial charge >= 0.3 is 0 Å². The van der Waals surface area contributed by atoms with Gasteiger partial charge in [-0.25, -0.2) is 0 Å². The summed E-state index contributed by atoms with van der Waals surface area (Å²) < 4.78 is 0. The Morgan fingerprint density at radius 3 is 2.58 bits per heavy atom. The number of piperidine rings is 1. The smallest absolute Gasteiger partial charge is 0.157 e. The van der Waals surface area contributed by atoms with Crippen molar-refractivity contribution in [2.75, 3.05) is 13.1 Å². The molecule has 0 aliphatic carbocycles. The summed E-state index contributed by atoms with van der Waals surface area (Å²) in [5.41, 5.74) is 9.27. The summed E-state index contributed by atoms with van der Waals surface area (Å²) in [5.74, 6) is 0.444. The zero-order valence-corrected chi connectivity index (χ0v) is 15.3. The van der Waals surface area contributed by atoms with E-state index in [-0.39, 0.29) is 11.5 Å². The Morgan fingerprint density at radius 2 is 1.88 bits per heavy atom. The fourth-order valence-electron chi connectivity index (χ4n) is 3.63. The molecule has 138 valence electrons. The number of hydrogen-bond donors (Lipinski definition) is 3. The van der Waals surface area contributed by atoms with Crippen molar-refractivity contribution in [1.82, 2.24) is 4.90 Å². The molecular formula is C22H28N2O2. The molecular weight excluding hydrogens is 324 g/mol. The molecule has 1 atom stereocenters. The first-order chi connectivity index (χ1) is 12.6. The molecule has 0 amide bonds. The average molecular weight is 352 g/mol. The van der Waals surface area contributed by atoms with Crippen molar-refractivity contribution < 1.29 is 10.2 Å². The minimum Gasteiger partial charge on any atom is -0.504 e. The summed E-state index contributed by atoms with van der Waals surface area (Å²) in [7, 11) is 0. The molecule has 2 aromatic rings. The van der Waals surface area contributed by atoms with E-state index in [2.05, 4.69) is 42.2 Å². The summed E-state index contributed by atoms with van der Waals surface area (Å²) >= 11 is 0. The van der Waals surface area contributed by atoms with Gasteiger partial charge in [0.25, 0.3) is 0 Å². The lowest BCUT2D eigenvalue weighted by Gasteiger charge is -2.35. The van der Waals surface area contributed by atoms with Crippen LogP contribution in [0, 0.1) is 0 Å². The Bertz CT molecular complexity index is 764. The molecule has 3 rings (SSSR count). The summed E-state index contributed by atoms with van der Waals surface area (Å²) in [6.45, 7) is 4.95. The number of benzene rings is 2. The quantitative estimate of drug-likeness (QED) is 0.715. The maximum absolute atomic E-state index is 9.59. The molecule has 1 aliphatic heterocycles. The van der Waals surface area contributed by atoms with E-state index in [4.69, 9.17) is 5.73 Å². The van der Waals surface area contributed by atoms with Gasteiger partial charge in [0.05, 0.1) is 0 Å². The molecule has 0 saturated carbocycles. The number of rotatable bonds is 5. The van der Waals surface area contributed by atoms with Gasteiger partial charge in [0, 0.05) is 12.6 Å². The molecule has 1 unspecified atom stereocenters. The Morgan fingerprint density at radius 1 is 1.12 bits per heavy atom. The lowest BCUT2D eigenvalue weighted by Crippen LogP contribution is -2.38. The lowest BCUT2D eigenvalue weighted by molar-refractivity contribution is 0.187. The fraction of sp³-hybridized carbons (Fsp3) is 0.364. The molecule has 4 nitrogen and oxygen atoms in total. The minimum atomic E-state index is -0.0871. The van der Waals surface area contributed by atoms with Crippen molar-refractivity contribution in [2.45, 2.75) is 38.3 Å². The molecule has 1 saturated heterocycles. The van der Waals surface area contributed by atoms with E-state index in [0.29, 0.717) is 18.5 Å². The van der Waals surface area contributed by atoms with Gasteiger partial charge in [-0.3, -0.25) is 4.90 Å². The first-order valence-electron chi connectivity index (χ1n) is 9.30. The van der Waals surface area contributed by atoms with Crippen LogP contribution in [0.4, 0.5) is 0 Å². The van der Waals surface area contributed by atoms with E-state index in [9.17, 15) is 10.2 Å². The predicted octanol–water partition coefficient (Wildman–Crippen LogP) is 3.84. The van der Waals surface area contributed by atoms with Crippen molar-refractivity contribution >= 4 is 6.08 Å². The Balaban J connectivity index is 1.56. The van der Waals surface area contributed by atoms with Crippen LogP contribution < -0.4 is 5.73 Å². The van der Waals surface area contributed by atoms with Crippen molar-refractivity contribution in [1.29, 1.82) is 0 Å². The lowest BCUT2D eigenvalue weighted by atomic mass is 9.88. The van der Waals surface area contributed by atoms with Crippen molar-refractivity contribution in [3.8, 4) is 11.5 Å². The van der Waals surface area contributed by atoms with Crippen LogP contribution in [0.15, 0.2) is 48.5 Å². The van der Waals surface area contributed by atoms with E-state index < -0.39 is 0 Å². The van der Waals surface area contributed by atoms with E-state index in [1.807, 2.05) is 6.08 Å². The van der Waals surface area contributed by atoms with Crippen LogP contribution in [0.5, 0.6) is 11.5 Å². The number of phenols is 2. The summed E-state index contributed by atoms with van der Waals surface area (Å²) in [4.78, 5) is 2.49. The maximum Gasteiger partial charge on any atom is 0.157 e. The van der Waals surface area contributed by atoms with Crippen LogP contribution in [-0.4, -0.2) is 34.2 Å². The molecule has 4 N–H and O–H groups in total. The monoisotopic (exact) mass is 352 g/mol. The molecule has 0 radical (unpaired) electrons. The molecule has 0 bridgehead atoms. The molecule has 0 spiro atoms. The highest BCUT2D eigenvalue weighted by molar-refractivity contribution is 5.55. The van der Waals surface area contributed by atoms with E-state index in [0.717, 1.165) is 31.5 Å². The number of nitrogens with two attached hydrogens (primary N) is 1. The topological polar surface area (TPSA) is 69.7 Å². The largest absolute Gasteiger partial charge is 0.504 e. The highest BCUT2D eigenvalue weighted by atomic mass is 16.3. The molecule has 4 heteroatoms. The standard InChI is InChI=1S/C22H28N2O2/c1-16(5-6-17-7-8-21(25)22(26)14-17)24-11-9-19(10-12-24)20-4-2-3-18(13-20)15-23/h2-8,13-14,16,19,25-26H,9-12,15,23H2,1H3/b6-5+. The van der Waals surface area contributed by atoms with E-state index >= 15 is 0 Å². The molecule has 1 aliphatic rings. The van der Waals surface area contributed by atoms with Gasteiger partial charge in [0.2, 0.25) is 0 Å². The van der Waals surface area contributed by atoms with Gasteiger partial charge in [-0.15, -0.1) is 0 Å². The number of phenolic OH excluding ortho intramolecular Hbond substituents is 2.